The van der Waals surface area contributed by atoms with Crippen molar-refractivity contribution in [3.63, 3.8) is 0 Å². The Labute approximate surface area is 150 Å². The molecule has 2 unspecified atom stereocenters. The molecule has 2 aliphatic heterocycles. The Morgan fingerprint density at radius 2 is 2.08 bits per heavy atom. The third-order valence-corrected chi connectivity index (χ3v) is 6.20. The average molecular weight is 350 g/mol. The highest BCUT2D eigenvalue weighted by molar-refractivity contribution is 7.99. The van der Waals surface area contributed by atoms with Gasteiger partial charge in [0.15, 0.2) is 5.82 Å². The minimum absolute atomic E-state index is 0.457. The van der Waals surface area contributed by atoms with Crippen LogP contribution in [0.1, 0.15) is 42.6 Å². The summed E-state index contributed by atoms with van der Waals surface area (Å²) in [6.45, 7) is 7.82. The maximum Gasteiger partial charge on any atom is 0.216 e. The van der Waals surface area contributed by atoms with E-state index in [1.165, 1.54) is 16.0 Å². The Hall–Kier alpha value is -2.28. The fourth-order valence-corrected chi connectivity index (χ4v) is 4.52. The molecular weight excluding hydrogens is 332 g/mol. The fraction of sp³-hybridized carbons (Fsp3) is 0.389. The van der Waals surface area contributed by atoms with Crippen LogP contribution in [0.15, 0.2) is 37.3 Å². The molecule has 0 amide bonds. The largest absolute Gasteiger partial charge is 0.249 e. The summed E-state index contributed by atoms with van der Waals surface area (Å²) >= 11 is 1.64. The highest BCUT2D eigenvalue weighted by atomic mass is 32.2. The van der Waals surface area contributed by atoms with Crippen LogP contribution in [0.3, 0.4) is 0 Å². The first-order chi connectivity index (χ1) is 12.1. The van der Waals surface area contributed by atoms with E-state index >= 15 is 0 Å². The molecule has 1 aliphatic carbocycles. The maximum atomic E-state index is 4.69. The molecule has 3 aliphatic rings. The summed E-state index contributed by atoms with van der Waals surface area (Å²) in [5.41, 5.74) is 4.67. The molecule has 0 radical (unpaired) electrons. The number of hydrogen-bond acceptors (Lipinski definition) is 6. The Kier molecular flexibility index (Phi) is 3.22. The minimum atomic E-state index is 0.457. The highest BCUT2D eigenvalue weighted by Crippen LogP contribution is 2.55. The summed E-state index contributed by atoms with van der Waals surface area (Å²) in [4.78, 5) is 9.98. The summed E-state index contributed by atoms with van der Waals surface area (Å²) in [5.74, 6) is 2.84. The van der Waals surface area contributed by atoms with Crippen molar-refractivity contribution in [2.75, 3.05) is 0 Å². The van der Waals surface area contributed by atoms with E-state index in [9.17, 15) is 0 Å². The Bertz CT molecular complexity index is 970. The zero-order valence-corrected chi connectivity index (χ0v) is 15.0. The Balaban J connectivity index is 1.53. The summed E-state index contributed by atoms with van der Waals surface area (Å²) in [6.07, 6.45) is 2.99. The molecule has 0 bridgehead atoms. The predicted octanol–water partition coefficient (Wildman–Crippen LogP) is 3.76. The van der Waals surface area contributed by atoms with Gasteiger partial charge in [-0.2, -0.15) is 9.78 Å². The number of nitrogens with zero attached hydrogens (tertiary/aromatic N) is 6. The lowest BCUT2D eigenvalue weighted by atomic mass is 10.0. The van der Waals surface area contributed by atoms with Gasteiger partial charge in [-0.3, -0.25) is 0 Å². The van der Waals surface area contributed by atoms with Gasteiger partial charge < -0.3 is 0 Å². The second-order valence-corrected chi connectivity index (χ2v) is 7.91. The topological polar surface area (TPSA) is 67.8 Å². The quantitative estimate of drug-likeness (QED) is 0.775. The van der Waals surface area contributed by atoms with Crippen molar-refractivity contribution in [2.45, 2.75) is 49.1 Å². The molecule has 2 aromatic rings. The third-order valence-electron chi connectivity index (χ3n) is 5.10. The smallest absolute Gasteiger partial charge is 0.216 e. The van der Waals surface area contributed by atoms with E-state index in [1.54, 1.807) is 11.8 Å². The number of benzene rings is 1. The first kappa shape index (κ1) is 15.0. The van der Waals surface area contributed by atoms with E-state index in [-0.39, 0.29) is 0 Å². The van der Waals surface area contributed by atoms with Crippen LogP contribution in [-0.4, -0.2) is 33.1 Å². The van der Waals surface area contributed by atoms with E-state index < -0.39 is 0 Å². The predicted molar refractivity (Wildman–Crippen MR) is 99.6 cm³/mol. The van der Waals surface area contributed by atoms with Gasteiger partial charge in [0.1, 0.15) is 5.84 Å². The van der Waals surface area contributed by atoms with Gasteiger partial charge in [-0.15, -0.1) is 10.2 Å². The number of hydrogen-bond donors (Lipinski definition) is 0. The van der Waals surface area contributed by atoms with Crippen molar-refractivity contribution in [1.29, 1.82) is 0 Å². The number of fused-ring (bicyclic) bond motifs is 4. The van der Waals surface area contributed by atoms with Gasteiger partial charge in [-0.05, 0) is 74.3 Å². The standard InChI is InChI=1S/C18H18N6S/c1-9-6-14-12(11-7-13(11)17(19-3)20-14)8-15(9)25-18-22-21-16-5-4-10(2)23-24(16)18/h6,8,11,13H,3-5,7H2,1-2H3. The highest BCUT2D eigenvalue weighted by Gasteiger charge is 2.46. The third kappa shape index (κ3) is 2.37. The molecule has 5 rings (SSSR count). The lowest BCUT2D eigenvalue weighted by molar-refractivity contribution is 0.679. The van der Waals surface area contributed by atoms with Crippen LogP contribution in [0.4, 0.5) is 5.69 Å². The van der Waals surface area contributed by atoms with E-state index in [2.05, 4.69) is 58.0 Å². The summed E-state index contributed by atoms with van der Waals surface area (Å²) in [6, 6.07) is 4.42. The maximum absolute atomic E-state index is 4.69. The average Bonchev–Trinajstić information content (AvgIpc) is 3.31. The monoisotopic (exact) mass is 350 g/mol. The van der Waals surface area contributed by atoms with Crippen molar-refractivity contribution in [1.82, 2.24) is 14.9 Å². The summed E-state index contributed by atoms with van der Waals surface area (Å²) in [5, 5.41) is 14.1. The van der Waals surface area contributed by atoms with Crippen molar-refractivity contribution >= 4 is 35.7 Å². The molecule has 7 heteroatoms. The number of aliphatic imine (C=N–C) groups is 2. The molecule has 0 saturated heterocycles. The molecule has 6 nitrogen and oxygen atoms in total. The van der Waals surface area contributed by atoms with Crippen LogP contribution in [0.5, 0.6) is 0 Å². The summed E-state index contributed by atoms with van der Waals surface area (Å²) in [7, 11) is 0. The second-order valence-electron chi connectivity index (χ2n) is 6.90. The lowest BCUT2D eigenvalue weighted by Gasteiger charge is -2.16. The van der Waals surface area contributed by atoms with Crippen LogP contribution < -0.4 is 0 Å². The van der Waals surface area contributed by atoms with Gasteiger partial charge in [0.05, 0.1) is 5.69 Å². The molecule has 1 saturated carbocycles. The van der Waals surface area contributed by atoms with E-state index in [4.69, 9.17) is 0 Å². The van der Waals surface area contributed by atoms with Gasteiger partial charge >= 0.3 is 0 Å². The lowest BCUT2D eigenvalue weighted by Crippen LogP contribution is -2.11. The molecule has 2 atom stereocenters. The number of amidine groups is 1. The minimum Gasteiger partial charge on any atom is -0.249 e. The molecule has 1 fully saturated rings. The zero-order valence-electron chi connectivity index (χ0n) is 14.2. The van der Waals surface area contributed by atoms with Crippen LogP contribution in [0.25, 0.3) is 0 Å². The number of aryl methyl sites for hydroxylation is 2. The normalized spacial score (nSPS) is 23.1. The molecule has 0 spiro atoms. The van der Waals surface area contributed by atoms with Crippen molar-refractivity contribution in [2.24, 2.45) is 21.0 Å². The molecule has 126 valence electrons. The van der Waals surface area contributed by atoms with Crippen molar-refractivity contribution in [3.8, 4) is 0 Å². The van der Waals surface area contributed by atoms with Gasteiger partial charge in [0, 0.05) is 22.9 Å². The second kappa shape index (κ2) is 5.36. The van der Waals surface area contributed by atoms with Gasteiger partial charge in [-0.1, -0.05) is 0 Å². The van der Waals surface area contributed by atoms with Crippen LogP contribution in [-0.2, 0) is 6.42 Å². The Morgan fingerprint density at radius 3 is 2.92 bits per heavy atom. The van der Waals surface area contributed by atoms with Gasteiger partial charge in [0.25, 0.3) is 0 Å². The SMILES string of the molecule is C=NC1=Nc2cc(C)c(Sc3nnc4n3N=C(C)CC4)cc2C2CC12. The fourth-order valence-electron chi connectivity index (χ4n) is 3.60. The van der Waals surface area contributed by atoms with E-state index in [1.807, 2.05) is 4.68 Å². The van der Waals surface area contributed by atoms with Gasteiger partial charge in [-0.25, -0.2) is 9.98 Å². The number of rotatable bonds is 2. The molecule has 1 aromatic heterocycles. The van der Waals surface area contributed by atoms with Crippen LogP contribution in [0, 0.1) is 12.8 Å². The molecular formula is C18H18N6S. The molecule has 25 heavy (non-hydrogen) atoms. The molecule has 1 aromatic carbocycles. The first-order valence-corrected chi connectivity index (χ1v) is 9.32. The van der Waals surface area contributed by atoms with Crippen LogP contribution in [0.2, 0.25) is 0 Å². The first-order valence-electron chi connectivity index (χ1n) is 8.50. The number of aromatic nitrogens is 3. The summed E-state index contributed by atoms with van der Waals surface area (Å²) < 4.78 is 1.89. The molecule has 3 heterocycles. The Morgan fingerprint density at radius 1 is 1.20 bits per heavy atom. The molecule has 0 N–H and O–H groups in total. The van der Waals surface area contributed by atoms with E-state index in [0.717, 1.165) is 47.5 Å². The van der Waals surface area contributed by atoms with Crippen molar-refractivity contribution in [3.05, 3.63) is 29.1 Å². The van der Waals surface area contributed by atoms with Gasteiger partial charge in [0.2, 0.25) is 5.16 Å². The van der Waals surface area contributed by atoms with Crippen LogP contribution >= 0.6 is 11.8 Å². The van der Waals surface area contributed by atoms with E-state index in [0.29, 0.717) is 11.8 Å². The zero-order chi connectivity index (χ0) is 17.1. The van der Waals surface area contributed by atoms with Crippen molar-refractivity contribution < 1.29 is 0 Å².